The molecule has 0 saturated heterocycles. The number of anilines is 1. The second-order valence-corrected chi connectivity index (χ2v) is 5.16. The molecule has 0 aliphatic carbocycles. The van der Waals surface area contributed by atoms with E-state index in [-0.39, 0.29) is 5.75 Å². The van der Waals surface area contributed by atoms with E-state index in [9.17, 15) is 14.7 Å². The van der Waals surface area contributed by atoms with Crippen LogP contribution in [0.4, 0.5) is 5.69 Å². The Morgan fingerprint density at radius 1 is 1.09 bits per heavy atom. The van der Waals surface area contributed by atoms with E-state index in [1.807, 2.05) is 25.1 Å². The Labute approximate surface area is 128 Å². The average Bonchev–Trinajstić information content (AvgIpc) is 2.75. The van der Waals surface area contributed by atoms with Gasteiger partial charge in [-0.2, -0.15) is 0 Å². The molecule has 1 heterocycles. The smallest absolute Gasteiger partial charge is 0.299 e. The number of amides is 1. The van der Waals surface area contributed by atoms with Gasteiger partial charge >= 0.3 is 0 Å². The molecule has 3 rings (SSSR count). The maximum atomic E-state index is 12.2. The molecule has 1 aliphatic heterocycles. The number of hydrogen-bond donors (Lipinski definition) is 1. The fraction of sp³-hybridized carbons (Fsp3) is 0.111. The summed E-state index contributed by atoms with van der Waals surface area (Å²) in [5, 5.41) is 9.31. The van der Waals surface area contributed by atoms with E-state index >= 15 is 0 Å². The van der Waals surface area contributed by atoms with Crippen LogP contribution < -0.4 is 4.90 Å². The van der Waals surface area contributed by atoms with Gasteiger partial charge in [0.25, 0.3) is 11.7 Å². The summed E-state index contributed by atoms with van der Waals surface area (Å²) in [4.78, 5) is 25.8. The van der Waals surface area contributed by atoms with Crippen LogP contribution >= 0.6 is 0 Å². The molecule has 22 heavy (non-hydrogen) atoms. The number of phenolic OH excluding ortho intramolecular Hbond substituents is 1. The molecule has 0 aromatic heterocycles. The first-order valence-corrected chi connectivity index (χ1v) is 7.01. The second kappa shape index (κ2) is 5.48. The van der Waals surface area contributed by atoms with Crippen molar-refractivity contribution in [2.75, 3.05) is 4.90 Å². The van der Waals surface area contributed by atoms with E-state index in [0.29, 0.717) is 17.8 Å². The van der Waals surface area contributed by atoms with Crippen molar-refractivity contribution >= 4 is 23.5 Å². The van der Waals surface area contributed by atoms with Crippen LogP contribution in [0.25, 0.3) is 6.08 Å². The number of ketones is 1. The molecule has 1 N–H and O–H groups in total. The van der Waals surface area contributed by atoms with Gasteiger partial charge < -0.3 is 10.0 Å². The zero-order valence-corrected chi connectivity index (χ0v) is 12.1. The molecule has 2 aromatic carbocycles. The topological polar surface area (TPSA) is 57.6 Å². The third-order valence-corrected chi connectivity index (χ3v) is 3.63. The molecule has 0 spiro atoms. The first kappa shape index (κ1) is 14.1. The number of nitrogens with zero attached hydrogens (tertiary/aromatic N) is 1. The molecule has 2 aromatic rings. The summed E-state index contributed by atoms with van der Waals surface area (Å²) < 4.78 is 0. The Morgan fingerprint density at radius 2 is 1.82 bits per heavy atom. The first-order valence-electron chi connectivity index (χ1n) is 7.01. The Balaban J connectivity index is 1.96. The average molecular weight is 293 g/mol. The molecule has 0 atom stereocenters. The van der Waals surface area contributed by atoms with Gasteiger partial charge in [0.05, 0.1) is 17.8 Å². The van der Waals surface area contributed by atoms with Gasteiger partial charge in [-0.3, -0.25) is 9.59 Å². The predicted octanol–water partition coefficient (Wildman–Crippen LogP) is 3.15. The van der Waals surface area contributed by atoms with Crippen molar-refractivity contribution < 1.29 is 14.7 Å². The van der Waals surface area contributed by atoms with Crippen LogP contribution in [0.3, 0.4) is 0 Å². The highest BCUT2D eigenvalue weighted by Gasteiger charge is 2.35. The van der Waals surface area contributed by atoms with Crippen molar-refractivity contribution in [1.29, 1.82) is 0 Å². The minimum atomic E-state index is -0.513. The maximum absolute atomic E-state index is 12.2. The van der Waals surface area contributed by atoms with Crippen molar-refractivity contribution in [3.8, 4) is 5.75 Å². The van der Waals surface area contributed by atoms with Gasteiger partial charge in [-0.1, -0.05) is 30.4 Å². The molecule has 4 nitrogen and oxygen atoms in total. The van der Waals surface area contributed by atoms with Crippen molar-refractivity contribution in [3.63, 3.8) is 0 Å². The Hall–Kier alpha value is -2.88. The minimum Gasteiger partial charge on any atom is -0.508 e. The normalized spacial score (nSPS) is 14.0. The minimum absolute atomic E-state index is 0.170. The lowest BCUT2D eigenvalue weighted by atomic mass is 10.1. The van der Waals surface area contributed by atoms with Crippen molar-refractivity contribution in [2.24, 2.45) is 0 Å². The molecular formula is C18H15NO3. The van der Waals surface area contributed by atoms with E-state index in [4.69, 9.17) is 0 Å². The Bertz CT molecular complexity index is 775. The number of phenols is 1. The van der Waals surface area contributed by atoms with E-state index in [2.05, 4.69) is 0 Å². The van der Waals surface area contributed by atoms with Crippen LogP contribution in [0.15, 0.2) is 48.5 Å². The molecule has 110 valence electrons. The zero-order chi connectivity index (χ0) is 15.7. The van der Waals surface area contributed by atoms with E-state index in [0.717, 1.165) is 11.1 Å². The van der Waals surface area contributed by atoms with Crippen LogP contribution in [-0.2, 0) is 11.3 Å². The van der Waals surface area contributed by atoms with Gasteiger partial charge in [-0.25, -0.2) is 0 Å². The van der Waals surface area contributed by atoms with E-state index in [1.54, 1.807) is 36.4 Å². The van der Waals surface area contributed by atoms with Crippen LogP contribution in [0.5, 0.6) is 5.75 Å². The number of hydrogen-bond acceptors (Lipinski definition) is 3. The monoisotopic (exact) mass is 293 g/mol. The molecule has 1 aliphatic rings. The number of rotatable bonds is 3. The Kier molecular flexibility index (Phi) is 3.51. The standard InChI is InChI=1S/C18H15NO3/c1-2-3-12-6-9-16-15(10-12)17(21)18(22)19(16)11-13-4-7-14(20)8-5-13/h2-10,20H,11H2,1H3/b3-2+. The number of allylic oxidation sites excluding steroid dienone is 1. The van der Waals surface area contributed by atoms with Gasteiger partial charge in [-0.05, 0) is 42.3 Å². The summed E-state index contributed by atoms with van der Waals surface area (Å²) in [6, 6.07) is 12.0. The molecule has 0 bridgehead atoms. The highest BCUT2D eigenvalue weighted by molar-refractivity contribution is 6.52. The molecular weight excluding hydrogens is 278 g/mol. The van der Waals surface area contributed by atoms with E-state index < -0.39 is 11.7 Å². The lowest BCUT2D eigenvalue weighted by Crippen LogP contribution is -2.29. The largest absolute Gasteiger partial charge is 0.508 e. The lowest BCUT2D eigenvalue weighted by molar-refractivity contribution is -0.114. The van der Waals surface area contributed by atoms with Gasteiger partial charge in [0.15, 0.2) is 0 Å². The zero-order valence-electron chi connectivity index (χ0n) is 12.1. The van der Waals surface area contributed by atoms with E-state index in [1.165, 1.54) is 4.90 Å². The summed E-state index contributed by atoms with van der Waals surface area (Å²) in [5.41, 5.74) is 2.83. The number of Topliss-reactive ketones (excluding diaryl/α,β-unsaturated/α-hetero) is 1. The fourth-order valence-corrected chi connectivity index (χ4v) is 2.56. The maximum Gasteiger partial charge on any atom is 0.299 e. The van der Waals surface area contributed by atoms with Crippen LogP contribution in [0.1, 0.15) is 28.4 Å². The molecule has 0 unspecified atom stereocenters. The first-order chi connectivity index (χ1) is 10.6. The number of benzene rings is 2. The Morgan fingerprint density at radius 3 is 2.50 bits per heavy atom. The highest BCUT2D eigenvalue weighted by Crippen LogP contribution is 2.31. The molecule has 0 saturated carbocycles. The fourth-order valence-electron chi connectivity index (χ4n) is 2.56. The summed E-state index contributed by atoms with van der Waals surface area (Å²) in [6.07, 6.45) is 3.78. The summed E-state index contributed by atoms with van der Waals surface area (Å²) >= 11 is 0. The van der Waals surface area contributed by atoms with Crippen LogP contribution in [-0.4, -0.2) is 16.8 Å². The van der Waals surface area contributed by atoms with Gasteiger partial charge in [-0.15, -0.1) is 0 Å². The van der Waals surface area contributed by atoms with Gasteiger partial charge in [0, 0.05) is 0 Å². The summed E-state index contributed by atoms with van der Waals surface area (Å²) in [6.45, 7) is 2.21. The van der Waals surface area contributed by atoms with Crippen molar-refractivity contribution in [2.45, 2.75) is 13.5 Å². The number of carbonyl (C=O) groups excluding carboxylic acids is 2. The van der Waals surface area contributed by atoms with Gasteiger partial charge in [0.2, 0.25) is 0 Å². The van der Waals surface area contributed by atoms with Gasteiger partial charge in [0.1, 0.15) is 5.75 Å². The van der Waals surface area contributed by atoms with Crippen molar-refractivity contribution in [1.82, 2.24) is 0 Å². The SMILES string of the molecule is C/C=C/c1ccc2c(c1)C(=O)C(=O)N2Cc1ccc(O)cc1. The summed E-state index contributed by atoms with van der Waals surface area (Å²) in [7, 11) is 0. The number of fused-ring (bicyclic) bond motifs is 1. The third-order valence-electron chi connectivity index (χ3n) is 3.63. The second-order valence-electron chi connectivity index (χ2n) is 5.16. The predicted molar refractivity (Wildman–Crippen MR) is 84.8 cm³/mol. The van der Waals surface area contributed by atoms with Crippen LogP contribution in [0, 0.1) is 0 Å². The van der Waals surface area contributed by atoms with Crippen LogP contribution in [0.2, 0.25) is 0 Å². The number of carbonyl (C=O) groups is 2. The van der Waals surface area contributed by atoms with Crippen molar-refractivity contribution in [3.05, 3.63) is 65.2 Å². The molecule has 0 fully saturated rings. The number of aromatic hydroxyl groups is 1. The summed E-state index contributed by atoms with van der Waals surface area (Å²) in [5.74, 6) is -0.815. The third kappa shape index (κ3) is 2.39. The quantitative estimate of drug-likeness (QED) is 0.884. The molecule has 0 radical (unpaired) electrons. The lowest BCUT2D eigenvalue weighted by Gasteiger charge is -2.16. The highest BCUT2D eigenvalue weighted by atomic mass is 16.3. The molecule has 1 amide bonds. The molecule has 4 heteroatoms.